The van der Waals surface area contributed by atoms with E-state index in [9.17, 15) is 0 Å². The minimum atomic E-state index is 0.652. The van der Waals surface area contributed by atoms with Gasteiger partial charge in [-0.1, -0.05) is 85.0 Å². The number of hydrogen-bond acceptors (Lipinski definition) is 4. The first-order valence-electron chi connectivity index (χ1n) is 14.9. The van der Waals surface area contributed by atoms with Crippen molar-refractivity contribution in [1.82, 2.24) is 19.5 Å². The van der Waals surface area contributed by atoms with Crippen LogP contribution in [0.25, 0.3) is 77.8 Å². The van der Waals surface area contributed by atoms with E-state index >= 15 is 0 Å². The molecule has 8 aromatic rings. The SMILES string of the molecule is C1=CCCC(c2nc(-c3ccccc3)nc(-c3ccc4oc5ccc(-n6c7ccccc7c7ccccc76)cc5c4c3)n2)=C1. The van der Waals surface area contributed by atoms with Crippen LogP contribution >= 0.6 is 0 Å². The maximum Gasteiger partial charge on any atom is 0.164 e. The standard InChI is InChI=1S/C39H26N4O/c1-3-11-25(12-4-1)37-40-38(26-13-5-2-6-14-26)42-39(41-37)27-19-21-35-31(23-27)32-24-28(20-22-36(32)44-35)43-33-17-9-7-15-29(33)30-16-8-10-18-34(30)43/h1-5,7-13,15-24H,6,14H2. The predicted molar refractivity (Wildman–Crippen MR) is 179 cm³/mol. The van der Waals surface area contributed by atoms with E-state index in [4.69, 9.17) is 19.4 Å². The van der Waals surface area contributed by atoms with E-state index < -0.39 is 0 Å². The number of furan rings is 1. The van der Waals surface area contributed by atoms with Gasteiger partial charge in [-0.3, -0.25) is 0 Å². The zero-order chi connectivity index (χ0) is 29.0. The van der Waals surface area contributed by atoms with Gasteiger partial charge in [0.05, 0.1) is 11.0 Å². The first kappa shape index (κ1) is 24.8. The third kappa shape index (κ3) is 3.97. The number of aromatic nitrogens is 4. The number of rotatable bonds is 4. The normalized spacial score (nSPS) is 13.3. The number of allylic oxidation sites excluding steroid dienone is 4. The van der Waals surface area contributed by atoms with Crippen molar-refractivity contribution in [3.63, 3.8) is 0 Å². The Hall–Kier alpha value is -5.81. The van der Waals surface area contributed by atoms with Crippen LogP contribution in [0.2, 0.25) is 0 Å². The summed E-state index contributed by atoms with van der Waals surface area (Å²) in [5.74, 6) is 2.05. The molecule has 0 spiro atoms. The fourth-order valence-corrected chi connectivity index (χ4v) is 6.40. The molecule has 0 N–H and O–H groups in total. The molecular weight excluding hydrogens is 540 g/mol. The van der Waals surface area contributed by atoms with Crippen LogP contribution in [0.1, 0.15) is 18.7 Å². The summed E-state index contributed by atoms with van der Waals surface area (Å²) in [7, 11) is 0. The molecule has 0 bridgehead atoms. The Kier molecular flexibility index (Phi) is 5.56. The van der Waals surface area contributed by atoms with Crippen molar-refractivity contribution < 1.29 is 4.42 Å². The maximum atomic E-state index is 6.32. The fraction of sp³-hybridized carbons (Fsp3) is 0.0513. The highest BCUT2D eigenvalue weighted by Gasteiger charge is 2.17. The molecule has 1 aliphatic carbocycles. The van der Waals surface area contributed by atoms with Gasteiger partial charge in [0, 0.05) is 38.4 Å². The third-order valence-electron chi connectivity index (χ3n) is 8.52. The van der Waals surface area contributed by atoms with Gasteiger partial charge in [-0.15, -0.1) is 0 Å². The van der Waals surface area contributed by atoms with Gasteiger partial charge >= 0.3 is 0 Å². The molecule has 0 unspecified atom stereocenters. The molecule has 0 atom stereocenters. The summed E-state index contributed by atoms with van der Waals surface area (Å²) in [5.41, 5.74) is 8.15. The number of nitrogens with zero attached hydrogens (tertiary/aromatic N) is 4. The highest BCUT2D eigenvalue weighted by molar-refractivity contribution is 6.10. The van der Waals surface area contributed by atoms with Crippen molar-refractivity contribution in [1.29, 1.82) is 0 Å². The van der Waals surface area contributed by atoms with Crippen molar-refractivity contribution >= 4 is 49.3 Å². The van der Waals surface area contributed by atoms with E-state index in [0.29, 0.717) is 11.6 Å². The van der Waals surface area contributed by atoms with Gasteiger partial charge in [0.15, 0.2) is 17.5 Å². The maximum absolute atomic E-state index is 6.32. The van der Waals surface area contributed by atoms with Gasteiger partial charge in [-0.25, -0.2) is 15.0 Å². The Morgan fingerprint density at radius 3 is 1.91 bits per heavy atom. The molecule has 5 nitrogen and oxygen atoms in total. The lowest BCUT2D eigenvalue weighted by molar-refractivity contribution is 0.669. The second kappa shape index (κ2) is 9.89. The molecule has 0 fully saturated rings. The summed E-state index contributed by atoms with van der Waals surface area (Å²) in [4.78, 5) is 14.9. The molecular formula is C39H26N4O. The van der Waals surface area contributed by atoms with Crippen LogP contribution in [0.5, 0.6) is 0 Å². The van der Waals surface area contributed by atoms with Gasteiger partial charge in [-0.05, 0) is 66.9 Å². The Bertz CT molecular complexity index is 2390. The molecule has 5 heteroatoms. The zero-order valence-electron chi connectivity index (χ0n) is 23.8. The molecule has 0 aliphatic heterocycles. The highest BCUT2D eigenvalue weighted by atomic mass is 16.3. The summed E-state index contributed by atoms with van der Waals surface area (Å²) >= 11 is 0. The molecule has 0 saturated heterocycles. The molecule has 9 rings (SSSR count). The Morgan fingerprint density at radius 1 is 0.545 bits per heavy atom. The van der Waals surface area contributed by atoms with E-state index in [2.05, 4.69) is 95.6 Å². The number of benzene rings is 5. The Morgan fingerprint density at radius 2 is 1.18 bits per heavy atom. The first-order valence-corrected chi connectivity index (χ1v) is 14.9. The van der Waals surface area contributed by atoms with E-state index in [1.165, 1.54) is 21.8 Å². The Labute approximate surface area is 253 Å². The van der Waals surface area contributed by atoms with Gasteiger partial charge in [0.1, 0.15) is 11.2 Å². The first-order chi connectivity index (χ1) is 21.8. The summed E-state index contributed by atoms with van der Waals surface area (Å²) < 4.78 is 8.66. The molecule has 0 amide bonds. The van der Waals surface area contributed by atoms with Gasteiger partial charge in [0.25, 0.3) is 0 Å². The van der Waals surface area contributed by atoms with E-state index in [1.54, 1.807) is 0 Å². The van der Waals surface area contributed by atoms with E-state index in [-0.39, 0.29) is 0 Å². The lowest BCUT2D eigenvalue weighted by Crippen LogP contribution is -2.03. The van der Waals surface area contributed by atoms with E-state index in [0.717, 1.165) is 63.0 Å². The average molecular weight is 567 g/mol. The van der Waals surface area contributed by atoms with Crippen molar-refractivity contribution in [2.45, 2.75) is 12.8 Å². The van der Waals surface area contributed by atoms with Gasteiger partial charge < -0.3 is 8.98 Å². The third-order valence-corrected chi connectivity index (χ3v) is 8.52. The number of hydrogen-bond donors (Lipinski definition) is 0. The second-order valence-corrected chi connectivity index (χ2v) is 11.2. The van der Waals surface area contributed by atoms with Crippen molar-refractivity contribution in [3.05, 3.63) is 139 Å². The van der Waals surface area contributed by atoms with Crippen LogP contribution in [-0.4, -0.2) is 19.5 Å². The second-order valence-electron chi connectivity index (χ2n) is 11.2. The monoisotopic (exact) mass is 566 g/mol. The lowest BCUT2D eigenvalue weighted by atomic mass is 10.0. The number of fused-ring (bicyclic) bond motifs is 6. The molecule has 0 saturated carbocycles. The predicted octanol–water partition coefficient (Wildman–Crippen LogP) is 9.94. The smallest absolute Gasteiger partial charge is 0.164 e. The summed E-state index contributed by atoms with van der Waals surface area (Å²) in [6.07, 6.45) is 8.26. The largest absolute Gasteiger partial charge is 0.456 e. The Balaban J connectivity index is 1.23. The molecule has 0 radical (unpaired) electrons. The quantitative estimate of drug-likeness (QED) is 0.213. The summed E-state index contributed by atoms with van der Waals surface area (Å²) in [5, 5.41) is 4.57. The molecule has 1 aliphatic rings. The minimum Gasteiger partial charge on any atom is -0.456 e. The van der Waals surface area contributed by atoms with Crippen LogP contribution < -0.4 is 0 Å². The summed E-state index contributed by atoms with van der Waals surface area (Å²) in [6, 6.07) is 39.9. The molecule has 3 aromatic heterocycles. The topological polar surface area (TPSA) is 56.7 Å². The molecule has 44 heavy (non-hydrogen) atoms. The zero-order valence-corrected chi connectivity index (χ0v) is 23.8. The highest BCUT2D eigenvalue weighted by Crippen LogP contribution is 2.37. The van der Waals surface area contributed by atoms with E-state index in [1.807, 2.05) is 42.5 Å². The van der Waals surface area contributed by atoms with Crippen LogP contribution in [-0.2, 0) is 0 Å². The number of para-hydroxylation sites is 2. The van der Waals surface area contributed by atoms with Gasteiger partial charge in [0.2, 0.25) is 0 Å². The van der Waals surface area contributed by atoms with Crippen LogP contribution in [0, 0.1) is 0 Å². The minimum absolute atomic E-state index is 0.652. The molecule has 5 aromatic carbocycles. The molecule has 208 valence electrons. The van der Waals surface area contributed by atoms with Crippen LogP contribution in [0.3, 0.4) is 0 Å². The van der Waals surface area contributed by atoms with Crippen LogP contribution in [0.4, 0.5) is 0 Å². The van der Waals surface area contributed by atoms with Crippen molar-refractivity contribution in [2.75, 3.05) is 0 Å². The van der Waals surface area contributed by atoms with Gasteiger partial charge in [-0.2, -0.15) is 0 Å². The van der Waals surface area contributed by atoms with Crippen LogP contribution in [0.15, 0.2) is 138 Å². The fourth-order valence-electron chi connectivity index (χ4n) is 6.40. The molecule has 3 heterocycles. The average Bonchev–Trinajstić information content (AvgIpc) is 3.64. The van der Waals surface area contributed by atoms with Crippen molar-refractivity contribution in [2.24, 2.45) is 0 Å². The lowest BCUT2D eigenvalue weighted by Gasteiger charge is -2.11. The van der Waals surface area contributed by atoms with Crippen molar-refractivity contribution in [3.8, 4) is 28.5 Å². The summed E-state index contributed by atoms with van der Waals surface area (Å²) in [6.45, 7) is 0.